The number of amidine groups is 1. The number of rotatable bonds is 4. The fraction of sp³-hybridized carbons (Fsp3) is 0.222. The molecule has 0 saturated heterocycles. The van der Waals surface area contributed by atoms with Crippen molar-refractivity contribution < 1.29 is 14.3 Å². The number of carbonyl (C=O) groups is 1. The lowest BCUT2D eigenvalue weighted by Gasteiger charge is -2.13. The highest BCUT2D eigenvalue weighted by molar-refractivity contribution is 6.00. The molecule has 1 heterocycles. The molecule has 124 valence electrons. The molecule has 1 unspecified atom stereocenters. The lowest BCUT2D eigenvalue weighted by molar-refractivity contribution is 0.139. The molecule has 1 atom stereocenters. The average Bonchev–Trinajstić information content (AvgIpc) is 3.02. The van der Waals surface area contributed by atoms with Gasteiger partial charge in [-0.2, -0.15) is 0 Å². The maximum absolute atomic E-state index is 11.9. The summed E-state index contributed by atoms with van der Waals surface area (Å²) in [5, 5.41) is 5.29. The van der Waals surface area contributed by atoms with Crippen molar-refractivity contribution in [1.82, 2.24) is 5.32 Å². The maximum Gasteiger partial charge on any atom is 0.327 e. The van der Waals surface area contributed by atoms with Gasteiger partial charge in [0.2, 0.25) is 0 Å². The summed E-state index contributed by atoms with van der Waals surface area (Å²) in [5.41, 5.74) is 1.88. The monoisotopic (exact) mass is 325 g/mol. The third-order valence-corrected chi connectivity index (χ3v) is 3.43. The van der Waals surface area contributed by atoms with Gasteiger partial charge in [-0.15, -0.1) is 0 Å². The third-order valence-electron chi connectivity index (χ3n) is 3.43. The standard InChI is InChI=1S/C18H19N3O3/c1-13-7-9-15(10-8-13)23-12-16-11-19-18(24-16)21-17(22)20-14-5-3-2-4-6-14/h2-10,16H,11-12H2,1H3,(H2,19,20,21,22). The van der Waals surface area contributed by atoms with Crippen molar-refractivity contribution >= 4 is 17.7 Å². The Morgan fingerprint density at radius 2 is 1.92 bits per heavy atom. The van der Waals surface area contributed by atoms with Crippen LogP contribution < -0.4 is 15.4 Å². The number of hydrogen-bond donors (Lipinski definition) is 2. The first kappa shape index (κ1) is 15.9. The molecule has 0 fully saturated rings. The number of urea groups is 1. The number of nitrogens with zero attached hydrogens (tertiary/aromatic N) is 1. The first-order valence-corrected chi connectivity index (χ1v) is 7.73. The molecular weight excluding hydrogens is 306 g/mol. The Labute approximate surface area is 140 Å². The molecule has 24 heavy (non-hydrogen) atoms. The molecular formula is C18H19N3O3. The minimum Gasteiger partial charge on any atom is -0.490 e. The van der Waals surface area contributed by atoms with Crippen LogP contribution in [0.25, 0.3) is 0 Å². The van der Waals surface area contributed by atoms with Gasteiger partial charge in [0.05, 0.1) is 6.54 Å². The fourth-order valence-corrected chi connectivity index (χ4v) is 2.18. The van der Waals surface area contributed by atoms with Crippen molar-refractivity contribution in [1.29, 1.82) is 0 Å². The maximum atomic E-state index is 11.9. The summed E-state index contributed by atoms with van der Waals surface area (Å²) in [7, 11) is 0. The summed E-state index contributed by atoms with van der Waals surface area (Å²) >= 11 is 0. The second kappa shape index (κ2) is 7.50. The molecule has 6 nitrogen and oxygen atoms in total. The summed E-state index contributed by atoms with van der Waals surface area (Å²) in [6, 6.07) is 16.8. The Morgan fingerprint density at radius 1 is 1.17 bits per heavy atom. The minimum atomic E-state index is -0.389. The van der Waals surface area contributed by atoms with Crippen LogP contribution in [0.1, 0.15) is 5.56 Å². The van der Waals surface area contributed by atoms with E-state index in [0.29, 0.717) is 18.8 Å². The molecule has 1 aliphatic heterocycles. The van der Waals surface area contributed by atoms with Crippen LogP contribution in [-0.4, -0.2) is 31.3 Å². The van der Waals surface area contributed by atoms with Crippen LogP contribution in [-0.2, 0) is 4.74 Å². The molecule has 3 rings (SSSR count). The normalized spacial score (nSPS) is 16.0. The molecule has 0 saturated carbocycles. The smallest absolute Gasteiger partial charge is 0.327 e. The Kier molecular flexibility index (Phi) is 4.96. The highest BCUT2D eigenvalue weighted by Gasteiger charge is 2.22. The molecule has 0 bridgehead atoms. The number of amides is 2. The average molecular weight is 325 g/mol. The lowest BCUT2D eigenvalue weighted by atomic mass is 10.2. The first-order valence-electron chi connectivity index (χ1n) is 7.73. The van der Waals surface area contributed by atoms with E-state index >= 15 is 0 Å². The number of ether oxygens (including phenoxy) is 2. The van der Waals surface area contributed by atoms with Crippen molar-refractivity contribution in [2.75, 3.05) is 18.5 Å². The van der Waals surface area contributed by atoms with E-state index in [1.165, 1.54) is 5.56 Å². The largest absolute Gasteiger partial charge is 0.490 e. The van der Waals surface area contributed by atoms with Gasteiger partial charge in [0.1, 0.15) is 12.4 Å². The van der Waals surface area contributed by atoms with Crippen molar-refractivity contribution in [3.63, 3.8) is 0 Å². The fourth-order valence-electron chi connectivity index (χ4n) is 2.18. The van der Waals surface area contributed by atoms with E-state index in [0.717, 1.165) is 5.75 Å². The summed E-state index contributed by atoms with van der Waals surface area (Å²) in [6.45, 7) is 2.85. The van der Waals surface area contributed by atoms with Gasteiger partial charge in [0, 0.05) is 5.69 Å². The van der Waals surface area contributed by atoms with E-state index in [2.05, 4.69) is 15.6 Å². The van der Waals surface area contributed by atoms with Gasteiger partial charge >= 0.3 is 6.03 Å². The number of hydrogen-bond acceptors (Lipinski definition) is 4. The van der Waals surface area contributed by atoms with E-state index in [-0.39, 0.29) is 18.2 Å². The van der Waals surface area contributed by atoms with Crippen LogP contribution >= 0.6 is 0 Å². The van der Waals surface area contributed by atoms with E-state index in [9.17, 15) is 4.79 Å². The van der Waals surface area contributed by atoms with Crippen molar-refractivity contribution in [2.24, 2.45) is 4.99 Å². The SMILES string of the molecule is Cc1ccc(OCC2CN=C(NC(=O)Nc3ccccc3)O2)cc1. The second-order valence-corrected chi connectivity index (χ2v) is 5.45. The van der Waals surface area contributed by atoms with Crippen LogP contribution in [0.15, 0.2) is 59.6 Å². The van der Waals surface area contributed by atoms with E-state index in [1.807, 2.05) is 49.4 Å². The number of aliphatic imine (C=N–C) groups is 1. The Hall–Kier alpha value is -3.02. The molecule has 0 radical (unpaired) electrons. The summed E-state index contributed by atoms with van der Waals surface area (Å²) in [4.78, 5) is 16.0. The minimum absolute atomic E-state index is 0.209. The molecule has 0 aliphatic carbocycles. The predicted molar refractivity (Wildman–Crippen MR) is 92.4 cm³/mol. The Balaban J connectivity index is 1.41. The summed E-state index contributed by atoms with van der Waals surface area (Å²) < 4.78 is 11.2. The molecule has 6 heteroatoms. The predicted octanol–water partition coefficient (Wildman–Crippen LogP) is 2.95. The highest BCUT2D eigenvalue weighted by Crippen LogP contribution is 2.13. The summed E-state index contributed by atoms with van der Waals surface area (Å²) in [5.74, 6) is 0.785. The first-order chi connectivity index (χ1) is 11.7. The molecule has 2 N–H and O–H groups in total. The van der Waals surface area contributed by atoms with Gasteiger partial charge < -0.3 is 14.8 Å². The van der Waals surface area contributed by atoms with Crippen molar-refractivity contribution in [2.45, 2.75) is 13.0 Å². The number of carbonyl (C=O) groups excluding carboxylic acids is 1. The third kappa shape index (κ3) is 4.49. The van der Waals surface area contributed by atoms with Gasteiger partial charge in [-0.1, -0.05) is 35.9 Å². The number of nitrogens with one attached hydrogen (secondary N) is 2. The number of benzene rings is 2. The van der Waals surface area contributed by atoms with Crippen LogP contribution in [0, 0.1) is 6.92 Å². The van der Waals surface area contributed by atoms with E-state index in [1.54, 1.807) is 12.1 Å². The highest BCUT2D eigenvalue weighted by atomic mass is 16.6. The number of anilines is 1. The van der Waals surface area contributed by atoms with Crippen LogP contribution in [0.5, 0.6) is 5.75 Å². The molecule has 0 spiro atoms. The van der Waals surface area contributed by atoms with Gasteiger partial charge in [-0.05, 0) is 31.2 Å². The second-order valence-electron chi connectivity index (χ2n) is 5.45. The zero-order valence-corrected chi connectivity index (χ0v) is 13.4. The van der Waals surface area contributed by atoms with Gasteiger partial charge in [-0.3, -0.25) is 5.32 Å². The Bertz CT molecular complexity index is 714. The topological polar surface area (TPSA) is 72.0 Å². The van der Waals surface area contributed by atoms with E-state index < -0.39 is 0 Å². The van der Waals surface area contributed by atoms with Gasteiger partial charge in [-0.25, -0.2) is 9.79 Å². The summed E-state index contributed by atoms with van der Waals surface area (Å²) in [6.07, 6.45) is -0.210. The quantitative estimate of drug-likeness (QED) is 0.908. The Morgan fingerprint density at radius 3 is 2.67 bits per heavy atom. The molecule has 2 aromatic carbocycles. The number of para-hydroxylation sites is 1. The van der Waals surface area contributed by atoms with E-state index in [4.69, 9.17) is 9.47 Å². The van der Waals surface area contributed by atoms with Crippen LogP contribution in [0.3, 0.4) is 0 Å². The zero-order valence-electron chi connectivity index (χ0n) is 13.4. The molecule has 2 aromatic rings. The molecule has 2 amide bonds. The van der Waals surface area contributed by atoms with Crippen molar-refractivity contribution in [3.05, 3.63) is 60.2 Å². The van der Waals surface area contributed by atoms with Crippen LogP contribution in [0.2, 0.25) is 0 Å². The molecule has 1 aliphatic rings. The number of aryl methyl sites for hydroxylation is 1. The van der Waals surface area contributed by atoms with Crippen molar-refractivity contribution in [3.8, 4) is 5.75 Å². The lowest BCUT2D eigenvalue weighted by Crippen LogP contribution is -2.36. The zero-order chi connectivity index (χ0) is 16.8. The van der Waals surface area contributed by atoms with Gasteiger partial charge in [0.15, 0.2) is 6.10 Å². The molecule has 0 aromatic heterocycles. The van der Waals surface area contributed by atoms with Gasteiger partial charge in [0.25, 0.3) is 6.02 Å². The van der Waals surface area contributed by atoms with Crippen LogP contribution in [0.4, 0.5) is 10.5 Å².